The van der Waals surface area contributed by atoms with Crippen LogP contribution in [0.3, 0.4) is 0 Å². The van der Waals surface area contributed by atoms with Crippen molar-refractivity contribution in [2.75, 3.05) is 4.90 Å². The van der Waals surface area contributed by atoms with Crippen LogP contribution in [0.2, 0.25) is 0 Å². The van der Waals surface area contributed by atoms with Crippen molar-refractivity contribution in [1.82, 2.24) is 0 Å². The van der Waals surface area contributed by atoms with Crippen molar-refractivity contribution in [1.29, 1.82) is 0 Å². The molecule has 12 rings (SSSR count). The van der Waals surface area contributed by atoms with E-state index in [0.717, 1.165) is 40.7 Å². The van der Waals surface area contributed by atoms with Crippen LogP contribution < -0.4 is 4.90 Å². The Morgan fingerprint density at radius 1 is 0.392 bits per heavy atom. The van der Waals surface area contributed by atoms with Gasteiger partial charge < -0.3 is 4.90 Å². The van der Waals surface area contributed by atoms with Gasteiger partial charge in [-0.3, -0.25) is 0 Å². The van der Waals surface area contributed by atoms with Gasteiger partial charge in [0.1, 0.15) is 0 Å². The van der Waals surface area contributed by atoms with Crippen molar-refractivity contribution in [3.05, 3.63) is 175 Å². The largest absolute Gasteiger partial charge is 0.311 e. The molecule has 0 atom stereocenters. The minimum absolute atomic E-state index is 0.223. The van der Waals surface area contributed by atoms with Crippen LogP contribution in [0.15, 0.2) is 164 Å². The van der Waals surface area contributed by atoms with E-state index in [9.17, 15) is 0 Å². The Labute approximate surface area is 301 Å². The summed E-state index contributed by atoms with van der Waals surface area (Å²) >= 11 is 0. The van der Waals surface area contributed by atoms with Crippen molar-refractivity contribution in [3.63, 3.8) is 0 Å². The molecule has 0 aromatic heterocycles. The Bertz CT molecular complexity index is 2390. The summed E-state index contributed by atoms with van der Waals surface area (Å²) in [4.78, 5) is 2.37. The third-order valence-electron chi connectivity index (χ3n) is 13.3. The van der Waals surface area contributed by atoms with E-state index in [-0.39, 0.29) is 5.41 Å². The third kappa shape index (κ3) is 4.40. The van der Waals surface area contributed by atoms with Crippen LogP contribution in [0.25, 0.3) is 44.2 Å². The van der Waals surface area contributed by atoms with Crippen molar-refractivity contribution >= 4 is 27.8 Å². The zero-order valence-corrected chi connectivity index (χ0v) is 28.9. The second kappa shape index (κ2) is 11.3. The number of rotatable bonds is 5. The van der Waals surface area contributed by atoms with Crippen molar-refractivity contribution in [3.8, 4) is 33.4 Å². The first-order chi connectivity index (χ1) is 25.2. The Morgan fingerprint density at radius 3 is 1.69 bits per heavy atom. The van der Waals surface area contributed by atoms with Gasteiger partial charge in [-0.1, -0.05) is 121 Å². The van der Waals surface area contributed by atoms with Crippen LogP contribution in [-0.4, -0.2) is 0 Å². The normalized spacial score (nSPS) is 23.8. The first-order valence-corrected chi connectivity index (χ1v) is 19.0. The van der Waals surface area contributed by atoms with Gasteiger partial charge in [-0.05, 0) is 154 Å². The van der Waals surface area contributed by atoms with Gasteiger partial charge >= 0.3 is 0 Å². The first-order valence-electron chi connectivity index (χ1n) is 19.0. The van der Waals surface area contributed by atoms with E-state index >= 15 is 0 Å². The lowest BCUT2D eigenvalue weighted by Gasteiger charge is -2.61. The molecule has 0 saturated heterocycles. The second-order valence-corrected chi connectivity index (χ2v) is 15.8. The highest BCUT2D eigenvalue weighted by molar-refractivity contribution is 5.97. The highest BCUT2D eigenvalue weighted by Crippen LogP contribution is 2.69. The molecule has 1 spiro atoms. The molecule has 1 heteroatoms. The summed E-state index contributed by atoms with van der Waals surface area (Å²) in [5, 5.41) is 2.55. The average molecular weight is 656 g/mol. The maximum absolute atomic E-state index is 2.54. The summed E-state index contributed by atoms with van der Waals surface area (Å²) < 4.78 is 0. The minimum atomic E-state index is 0.223. The van der Waals surface area contributed by atoms with Crippen LogP contribution in [0.4, 0.5) is 17.1 Å². The molecule has 5 aliphatic carbocycles. The average Bonchev–Trinajstić information content (AvgIpc) is 3.48. The molecule has 0 aliphatic heterocycles. The third-order valence-corrected chi connectivity index (χ3v) is 13.3. The summed E-state index contributed by atoms with van der Waals surface area (Å²) in [5.41, 5.74) is 15.0. The van der Waals surface area contributed by atoms with Crippen LogP contribution in [0, 0.1) is 23.7 Å². The molecule has 1 nitrogen and oxygen atoms in total. The van der Waals surface area contributed by atoms with Gasteiger partial charge in [-0.25, -0.2) is 0 Å². The Kier molecular flexibility index (Phi) is 6.50. The molecule has 0 unspecified atom stereocenters. The fraction of sp³-hybridized carbons (Fsp3) is 0.200. The SMILES string of the molecule is c1ccc(N(c2ccc(-c3ccc4c(c3)-c3ccccc3C43C4CC5CC(C4)CC3C5)cc2)c2ccc(-c3cccc4ccccc34)cc2)cc1. The molecule has 246 valence electrons. The van der Waals surface area contributed by atoms with Gasteiger partial charge in [0.2, 0.25) is 0 Å². The van der Waals surface area contributed by atoms with Gasteiger partial charge in [0.25, 0.3) is 0 Å². The lowest BCUT2D eigenvalue weighted by Crippen LogP contribution is -2.55. The fourth-order valence-corrected chi connectivity index (χ4v) is 11.4. The molecule has 0 N–H and O–H groups in total. The minimum Gasteiger partial charge on any atom is -0.311 e. The quantitative estimate of drug-likeness (QED) is 0.178. The number of para-hydroxylation sites is 1. The summed E-state index contributed by atoms with van der Waals surface area (Å²) in [6, 6.07) is 61.2. The molecule has 4 bridgehead atoms. The van der Waals surface area contributed by atoms with Crippen LogP contribution in [-0.2, 0) is 5.41 Å². The number of hydrogen-bond donors (Lipinski definition) is 0. The molecule has 0 radical (unpaired) electrons. The van der Waals surface area contributed by atoms with Gasteiger partial charge in [-0.15, -0.1) is 0 Å². The maximum Gasteiger partial charge on any atom is 0.0462 e. The summed E-state index contributed by atoms with van der Waals surface area (Å²) in [6.07, 6.45) is 7.19. The van der Waals surface area contributed by atoms with Gasteiger partial charge in [0.05, 0.1) is 0 Å². The molecule has 5 aliphatic rings. The topological polar surface area (TPSA) is 3.24 Å². The number of hydrogen-bond acceptors (Lipinski definition) is 1. The van der Waals surface area contributed by atoms with E-state index in [0.29, 0.717) is 0 Å². The fourth-order valence-electron chi connectivity index (χ4n) is 11.4. The van der Waals surface area contributed by atoms with Crippen LogP contribution in [0.1, 0.15) is 43.2 Å². The molecule has 0 heterocycles. The lowest BCUT2D eigenvalue weighted by atomic mass is 9.43. The summed E-state index contributed by atoms with van der Waals surface area (Å²) in [7, 11) is 0. The maximum atomic E-state index is 2.54. The Morgan fingerprint density at radius 2 is 0.941 bits per heavy atom. The van der Waals surface area contributed by atoms with E-state index < -0.39 is 0 Å². The molecule has 0 amide bonds. The predicted molar refractivity (Wildman–Crippen MR) is 213 cm³/mol. The number of fused-ring (bicyclic) bond motifs is 4. The monoisotopic (exact) mass is 655 g/mol. The van der Waals surface area contributed by atoms with E-state index in [1.807, 2.05) is 0 Å². The molecule has 4 saturated carbocycles. The van der Waals surface area contributed by atoms with Crippen LogP contribution in [0.5, 0.6) is 0 Å². The molecular weight excluding hydrogens is 615 g/mol. The van der Waals surface area contributed by atoms with Crippen molar-refractivity contribution in [2.24, 2.45) is 23.7 Å². The molecular formula is C50H41N. The zero-order valence-electron chi connectivity index (χ0n) is 28.9. The standard InChI is InChI=1S/C50H41N/c1-2-11-41(12-3-1)51(43-24-19-37(20-25-43)45-15-8-10-36-9-4-5-13-44(36)45)42-22-17-35(18-23-42)38-21-26-49-47(32-38)46-14-6-7-16-48(46)50(49)39-28-33-27-34(30-39)31-40(50)29-33/h1-26,32-34,39-40H,27-31H2. The Hall–Kier alpha value is -5.40. The second-order valence-electron chi connectivity index (χ2n) is 15.8. The predicted octanol–water partition coefficient (Wildman–Crippen LogP) is 13.4. The smallest absolute Gasteiger partial charge is 0.0462 e. The number of nitrogens with zero attached hydrogens (tertiary/aromatic N) is 1. The molecule has 7 aromatic rings. The molecule has 4 fully saturated rings. The highest BCUT2D eigenvalue weighted by atomic mass is 15.1. The van der Waals surface area contributed by atoms with Crippen molar-refractivity contribution in [2.45, 2.75) is 37.5 Å². The first kappa shape index (κ1) is 29.3. The van der Waals surface area contributed by atoms with E-state index in [1.54, 1.807) is 11.1 Å². The molecule has 7 aromatic carbocycles. The number of anilines is 3. The summed E-state index contributed by atoms with van der Waals surface area (Å²) in [5.74, 6) is 3.52. The summed E-state index contributed by atoms with van der Waals surface area (Å²) in [6.45, 7) is 0. The highest BCUT2D eigenvalue weighted by Gasteiger charge is 2.61. The van der Waals surface area contributed by atoms with Gasteiger partial charge in [0, 0.05) is 22.5 Å². The van der Waals surface area contributed by atoms with Gasteiger partial charge in [-0.2, -0.15) is 0 Å². The van der Waals surface area contributed by atoms with E-state index in [1.165, 1.54) is 76.3 Å². The lowest BCUT2D eigenvalue weighted by molar-refractivity contribution is -0.0399. The van der Waals surface area contributed by atoms with Gasteiger partial charge in [0.15, 0.2) is 0 Å². The number of benzene rings is 7. The Balaban J connectivity index is 0.954. The van der Waals surface area contributed by atoms with E-state index in [4.69, 9.17) is 0 Å². The van der Waals surface area contributed by atoms with Crippen molar-refractivity contribution < 1.29 is 0 Å². The van der Waals surface area contributed by atoms with Crippen LogP contribution >= 0.6 is 0 Å². The van der Waals surface area contributed by atoms with E-state index in [2.05, 4.69) is 169 Å². The molecule has 51 heavy (non-hydrogen) atoms. The zero-order chi connectivity index (χ0) is 33.5.